The summed E-state index contributed by atoms with van der Waals surface area (Å²) in [6.45, 7) is 4.63. The van der Waals surface area contributed by atoms with Crippen LogP contribution in [0.25, 0.3) is 0 Å². The van der Waals surface area contributed by atoms with Crippen molar-refractivity contribution in [2.45, 2.75) is 31.5 Å². The molecule has 0 aliphatic carbocycles. The van der Waals surface area contributed by atoms with E-state index in [2.05, 4.69) is 37.2 Å². The minimum atomic E-state index is -0.395. The summed E-state index contributed by atoms with van der Waals surface area (Å²) in [5, 5.41) is 3.19. The first-order chi connectivity index (χ1) is 13.8. The van der Waals surface area contributed by atoms with Gasteiger partial charge in [0, 0.05) is 51.2 Å². The molecule has 3 heterocycles. The van der Waals surface area contributed by atoms with Crippen LogP contribution in [0.3, 0.4) is 0 Å². The normalized spacial score (nSPS) is 21.4. The molecule has 1 aromatic carbocycles. The molecule has 1 aromatic heterocycles. The number of hydrogen-bond acceptors (Lipinski definition) is 6. The van der Waals surface area contributed by atoms with Crippen molar-refractivity contribution in [3.8, 4) is 0 Å². The average Bonchev–Trinajstić information content (AvgIpc) is 2.76. The van der Waals surface area contributed by atoms with E-state index in [9.17, 15) is 4.79 Å². The van der Waals surface area contributed by atoms with Crippen molar-refractivity contribution in [3.63, 3.8) is 0 Å². The van der Waals surface area contributed by atoms with Crippen molar-refractivity contribution >= 4 is 11.9 Å². The van der Waals surface area contributed by atoms with E-state index in [1.165, 1.54) is 5.56 Å². The lowest BCUT2D eigenvalue weighted by molar-refractivity contribution is -0.139. The van der Waals surface area contributed by atoms with Crippen LogP contribution in [0, 0.1) is 0 Å². The Morgan fingerprint density at radius 1 is 1.07 bits per heavy atom. The highest BCUT2D eigenvalue weighted by molar-refractivity contribution is 5.81. The summed E-state index contributed by atoms with van der Waals surface area (Å²) in [5.41, 5.74) is 1.26. The molecule has 1 N–H and O–H groups in total. The van der Waals surface area contributed by atoms with Gasteiger partial charge in [-0.05, 0) is 24.5 Å². The molecule has 1 unspecified atom stereocenters. The highest BCUT2D eigenvalue weighted by Crippen LogP contribution is 2.16. The summed E-state index contributed by atoms with van der Waals surface area (Å²) in [4.78, 5) is 25.8. The Labute approximate surface area is 165 Å². The lowest BCUT2D eigenvalue weighted by Crippen LogP contribution is -2.53. The number of nitrogens with zero attached hydrogens (tertiary/aromatic N) is 4. The molecular weight excluding hydrogens is 354 g/mol. The van der Waals surface area contributed by atoms with Gasteiger partial charge in [0.2, 0.25) is 5.95 Å². The van der Waals surface area contributed by atoms with Gasteiger partial charge in [-0.2, -0.15) is 0 Å². The van der Waals surface area contributed by atoms with E-state index in [4.69, 9.17) is 4.74 Å². The fourth-order valence-corrected chi connectivity index (χ4v) is 3.82. The number of ether oxygens (including phenoxy) is 1. The lowest BCUT2D eigenvalue weighted by atomic mass is 10.0. The highest BCUT2D eigenvalue weighted by atomic mass is 16.5. The van der Waals surface area contributed by atoms with Gasteiger partial charge in [-0.25, -0.2) is 9.97 Å². The van der Waals surface area contributed by atoms with Crippen molar-refractivity contribution in [1.29, 1.82) is 0 Å². The van der Waals surface area contributed by atoms with Crippen molar-refractivity contribution in [1.82, 2.24) is 20.2 Å². The molecule has 1 atom stereocenters. The summed E-state index contributed by atoms with van der Waals surface area (Å²) in [6.07, 6.45) is 4.91. The molecule has 2 saturated heterocycles. The smallest absolute Gasteiger partial charge is 0.250 e. The third kappa shape index (κ3) is 4.85. The molecular formula is C21H27N5O2. The molecule has 0 saturated carbocycles. The van der Waals surface area contributed by atoms with Crippen LogP contribution in [0.1, 0.15) is 18.4 Å². The topological polar surface area (TPSA) is 70.6 Å². The molecule has 4 rings (SSSR count). The highest BCUT2D eigenvalue weighted by Gasteiger charge is 2.29. The van der Waals surface area contributed by atoms with Gasteiger partial charge in [-0.15, -0.1) is 0 Å². The summed E-state index contributed by atoms with van der Waals surface area (Å²) in [7, 11) is 0. The zero-order valence-corrected chi connectivity index (χ0v) is 16.0. The minimum Gasteiger partial charge on any atom is -0.366 e. The summed E-state index contributed by atoms with van der Waals surface area (Å²) in [6, 6.07) is 12.4. The zero-order chi connectivity index (χ0) is 19.2. The number of benzene rings is 1. The van der Waals surface area contributed by atoms with E-state index in [0.29, 0.717) is 13.2 Å². The van der Waals surface area contributed by atoms with Gasteiger partial charge in [-0.3, -0.25) is 9.69 Å². The van der Waals surface area contributed by atoms with Crippen LogP contribution in [-0.4, -0.2) is 65.7 Å². The van der Waals surface area contributed by atoms with Gasteiger partial charge >= 0.3 is 0 Å². The van der Waals surface area contributed by atoms with Crippen LogP contribution in [0.4, 0.5) is 5.95 Å². The van der Waals surface area contributed by atoms with Gasteiger partial charge < -0.3 is 15.0 Å². The number of amides is 1. The molecule has 2 aliphatic heterocycles. The number of anilines is 1. The maximum Gasteiger partial charge on any atom is 0.250 e. The number of rotatable bonds is 5. The molecule has 0 bridgehead atoms. The van der Waals surface area contributed by atoms with Gasteiger partial charge in [0.1, 0.15) is 6.10 Å². The molecule has 2 aromatic rings. The van der Waals surface area contributed by atoms with Crippen LogP contribution in [-0.2, 0) is 16.1 Å². The molecule has 148 valence electrons. The van der Waals surface area contributed by atoms with Gasteiger partial charge in [0.25, 0.3) is 5.91 Å². The monoisotopic (exact) mass is 381 g/mol. The zero-order valence-electron chi connectivity index (χ0n) is 16.0. The Kier molecular flexibility index (Phi) is 6.14. The maximum absolute atomic E-state index is 12.7. The second-order valence-corrected chi connectivity index (χ2v) is 7.40. The van der Waals surface area contributed by atoms with Crippen molar-refractivity contribution in [2.24, 2.45) is 0 Å². The minimum absolute atomic E-state index is 0.00664. The van der Waals surface area contributed by atoms with Crippen LogP contribution < -0.4 is 10.2 Å². The number of carbonyl (C=O) groups excluding carboxylic acids is 1. The van der Waals surface area contributed by atoms with Crippen LogP contribution in [0.2, 0.25) is 0 Å². The van der Waals surface area contributed by atoms with Crippen molar-refractivity contribution < 1.29 is 9.53 Å². The van der Waals surface area contributed by atoms with E-state index >= 15 is 0 Å². The Morgan fingerprint density at radius 2 is 1.82 bits per heavy atom. The van der Waals surface area contributed by atoms with Crippen molar-refractivity contribution in [3.05, 3.63) is 54.4 Å². The van der Waals surface area contributed by atoms with Gasteiger partial charge in [0.15, 0.2) is 0 Å². The first-order valence-corrected chi connectivity index (χ1v) is 9.98. The van der Waals surface area contributed by atoms with Crippen LogP contribution >= 0.6 is 0 Å². The third-order valence-corrected chi connectivity index (χ3v) is 5.37. The lowest BCUT2D eigenvalue weighted by Gasteiger charge is -2.35. The van der Waals surface area contributed by atoms with Gasteiger partial charge in [0.05, 0.1) is 6.61 Å². The summed E-state index contributed by atoms with van der Waals surface area (Å²) >= 11 is 0. The molecule has 7 heteroatoms. The number of piperidine rings is 1. The SMILES string of the molecule is O=C(NC1CCN(c2ncccn2)CC1)C1CN(Cc2ccccc2)CCO1. The van der Waals surface area contributed by atoms with E-state index in [1.807, 2.05) is 24.3 Å². The fraction of sp³-hybridized carbons (Fsp3) is 0.476. The van der Waals surface area contributed by atoms with E-state index in [-0.39, 0.29) is 11.9 Å². The van der Waals surface area contributed by atoms with Crippen LogP contribution in [0.15, 0.2) is 48.8 Å². The number of nitrogens with one attached hydrogen (secondary N) is 1. The van der Waals surface area contributed by atoms with E-state index in [1.54, 1.807) is 12.4 Å². The van der Waals surface area contributed by atoms with Crippen molar-refractivity contribution in [2.75, 3.05) is 37.7 Å². The molecule has 0 radical (unpaired) electrons. The summed E-state index contributed by atoms with van der Waals surface area (Å²) in [5.74, 6) is 0.770. The molecule has 2 fully saturated rings. The summed E-state index contributed by atoms with van der Waals surface area (Å²) < 4.78 is 5.76. The first kappa shape index (κ1) is 18.8. The molecule has 0 spiro atoms. The van der Waals surface area contributed by atoms with E-state index < -0.39 is 6.10 Å². The second kappa shape index (κ2) is 9.12. The fourth-order valence-electron chi connectivity index (χ4n) is 3.82. The maximum atomic E-state index is 12.7. The molecule has 7 nitrogen and oxygen atoms in total. The number of morpholine rings is 1. The standard InChI is InChI=1S/C21H27N5O2/c27-20(19-16-25(13-14-28-19)15-17-5-2-1-3-6-17)24-18-7-11-26(12-8-18)21-22-9-4-10-23-21/h1-6,9-10,18-19H,7-8,11-16H2,(H,24,27). The van der Waals surface area contributed by atoms with Gasteiger partial charge in [-0.1, -0.05) is 30.3 Å². The number of carbonyl (C=O) groups is 1. The predicted molar refractivity (Wildman–Crippen MR) is 107 cm³/mol. The Hall–Kier alpha value is -2.51. The quantitative estimate of drug-likeness (QED) is 0.846. The predicted octanol–water partition coefficient (Wildman–Crippen LogP) is 1.46. The number of hydrogen-bond donors (Lipinski definition) is 1. The molecule has 2 aliphatic rings. The second-order valence-electron chi connectivity index (χ2n) is 7.40. The molecule has 1 amide bonds. The first-order valence-electron chi connectivity index (χ1n) is 9.98. The Bertz CT molecular complexity index is 750. The third-order valence-electron chi connectivity index (χ3n) is 5.37. The Morgan fingerprint density at radius 3 is 2.57 bits per heavy atom. The molecule has 28 heavy (non-hydrogen) atoms. The number of aromatic nitrogens is 2. The Balaban J connectivity index is 1.25. The average molecular weight is 381 g/mol. The van der Waals surface area contributed by atoms with E-state index in [0.717, 1.165) is 45.0 Å². The largest absolute Gasteiger partial charge is 0.366 e. The van der Waals surface area contributed by atoms with Crippen LogP contribution in [0.5, 0.6) is 0 Å².